The lowest BCUT2D eigenvalue weighted by molar-refractivity contribution is -0.137. The van der Waals surface area contributed by atoms with Gasteiger partial charge in [-0.15, -0.1) is 16.9 Å². The van der Waals surface area contributed by atoms with Gasteiger partial charge in [-0.05, 0) is 48.5 Å². The number of carbonyl (C=O) groups is 1. The number of alkyl halides is 3. The van der Waals surface area contributed by atoms with E-state index in [9.17, 15) is 18.0 Å². The molecule has 3 rings (SSSR count). The fourth-order valence-corrected chi connectivity index (χ4v) is 3.14. The number of thioether (sulfide) groups is 1. The normalized spacial score (nSPS) is 11.4. The molecule has 146 valence electrons. The smallest absolute Gasteiger partial charge is 0.403 e. The number of aromatic nitrogens is 2. The van der Waals surface area contributed by atoms with E-state index in [-0.39, 0.29) is 24.2 Å². The summed E-state index contributed by atoms with van der Waals surface area (Å²) in [6, 6.07) is 11.4. The van der Waals surface area contributed by atoms with E-state index >= 15 is 0 Å². The molecular weight excluding hydrogens is 415 g/mol. The molecule has 0 radical (unpaired) electrons. The van der Waals surface area contributed by atoms with Gasteiger partial charge in [-0.2, -0.15) is 13.2 Å². The second-order valence-corrected chi connectivity index (χ2v) is 7.19. The van der Waals surface area contributed by atoms with Crippen molar-refractivity contribution in [1.29, 1.82) is 0 Å². The van der Waals surface area contributed by atoms with Crippen LogP contribution in [0.15, 0.2) is 57.8 Å². The lowest BCUT2D eigenvalue weighted by Gasteiger charge is -2.05. The molecule has 3 aromatic rings. The van der Waals surface area contributed by atoms with Crippen molar-refractivity contribution in [1.82, 2.24) is 10.2 Å². The Morgan fingerprint density at radius 3 is 2.39 bits per heavy atom. The molecule has 2 aromatic carbocycles. The molecule has 0 saturated carbocycles. The van der Waals surface area contributed by atoms with E-state index < -0.39 is 11.7 Å². The number of rotatable bonds is 6. The highest BCUT2D eigenvalue weighted by Gasteiger charge is 2.30. The van der Waals surface area contributed by atoms with Gasteiger partial charge < -0.3 is 4.42 Å². The van der Waals surface area contributed by atoms with E-state index in [0.717, 1.165) is 17.0 Å². The van der Waals surface area contributed by atoms with E-state index in [4.69, 9.17) is 16.0 Å². The van der Waals surface area contributed by atoms with Crippen molar-refractivity contribution < 1.29 is 22.4 Å². The first-order valence-electron chi connectivity index (χ1n) is 8.00. The number of benzene rings is 2. The third-order valence-electron chi connectivity index (χ3n) is 3.54. The summed E-state index contributed by atoms with van der Waals surface area (Å²) in [7, 11) is 0. The largest absolute Gasteiger partial charge is 0.416 e. The van der Waals surface area contributed by atoms with Crippen LogP contribution in [-0.4, -0.2) is 21.9 Å². The van der Waals surface area contributed by atoms with Crippen molar-refractivity contribution in [3.05, 3.63) is 59.1 Å². The summed E-state index contributed by atoms with van der Waals surface area (Å²) in [4.78, 5) is 12.9. The molecule has 0 unspecified atom stereocenters. The van der Waals surface area contributed by atoms with E-state index in [1.54, 1.807) is 12.1 Å². The maximum atomic E-state index is 12.6. The van der Waals surface area contributed by atoms with Gasteiger partial charge in [-0.25, -0.2) is 0 Å². The molecule has 1 N–H and O–H groups in total. The zero-order valence-electron chi connectivity index (χ0n) is 14.2. The van der Waals surface area contributed by atoms with Crippen LogP contribution >= 0.6 is 23.4 Å². The first kappa shape index (κ1) is 20.2. The quantitative estimate of drug-likeness (QED) is 0.524. The molecule has 0 bridgehead atoms. The molecule has 28 heavy (non-hydrogen) atoms. The highest BCUT2D eigenvalue weighted by atomic mass is 35.5. The zero-order valence-corrected chi connectivity index (χ0v) is 15.7. The Morgan fingerprint density at radius 2 is 1.75 bits per heavy atom. The lowest BCUT2D eigenvalue weighted by Crippen LogP contribution is -2.12. The third kappa shape index (κ3) is 5.49. The van der Waals surface area contributed by atoms with Gasteiger partial charge >= 0.3 is 12.2 Å². The summed E-state index contributed by atoms with van der Waals surface area (Å²) >= 11 is 7.31. The highest BCUT2D eigenvalue weighted by Crippen LogP contribution is 2.31. The molecule has 1 amide bonds. The van der Waals surface area contributed by atoms with Gasteiger partial charge in [0.25, 0.3) is 0 Å². The molecule has 0 atom stereocenters. The zero-order chi connectivity index (χ0) is 20.1. The van der Waals surface area contributed by atoms with Crippen molar-refractivity contribution in [2.75, 3.05) is 11.1 Å². The second-order valence-electron chi connectivity index (χ2n) is 5.59. The maximum absolute atomic E-state index is 12.6. The van der Waals surface area contributed by atoms with Gasteiger partial charge in [0.15, 0.2) is 0 Å². The SMILES string of the molecule is O=C(CCSc1ccc(Cl)cc1)Nc1nnc(-c2ccc(C(F)(F)F)cc2)o1. The summed E-state index contributed by atoms with van der Waals surface area (Å²) in [6.07, 6.45) is -4.21. The number of amides is 1. The topological polar surface area (TPSA) is 68.0 Å². The first-order chi connectivity index (χ1) is 13.3. The molecule has 0 aliphatic rings. The van der Waals surface area contributed by atoms with Crippen LogP contribution in [0.25, 0.3) is 11.5 Å². The number of carbonyl (C=O) groups excluding carboxylic acids is 1. The average molecular weight is 428 g/mol. The maximum Gasteiger partial charge on any atom is 0.416 e. The van der Waals surface area contributed by atoms with Gasteiger partial charge in [0.05, 0.1) is 5.56 Å². The molecular formula is C18H13ClF3N3O2S. The van der Waals surface area contributed by atoms with E-state index in [2.05, 4.69) is 15.5 Å². The van der Waals surface area contributed by atoms with Crippen LogP contribution in [0.3, 0.4) is 0 Å². The minimum atomic E-state index is -4.42. The molecule has 0 fully saturated rings. The third-order valence-corrected chi connectivity index (χ3v) is 4.81. The molecule has 0 aliphatic heterocycles. The van der Waals surface area contributed by atoms with Crippen molar-refractivity contribution in [3.63, 3.8) is 0 Å². The van der Waals surface area contributed by atoms with E-state index in [1.807, 2.05) is 12.1 Å². The summed E-state index contributed by atoms with van der Waals surface area (Å²) in [5, 5.41) is 10.5. The Kier molecular flexibility index (Phi) is 6.25. The van der Waals surface area contributed by atoms with Crippen LogP contribution in [0.1, 0.15) is 12.0 Å². The Bertz CT molecular complexity index is 944. The number of halogens is 4. The molecule has 1 heterocycles. The second kappa shape index (κ2) is 8.66. The minimum Gasteiger partial charge on any atom is -0.403 e. The monoisotopic (exact) mass is 427 g/mol. The van der Waals surface area contributed by atoms with Crippen LogP contribution in [0.4, 0.5) is 19.2 Å². The fraction of sp³-hybridized carbons (Fsp3) is 0.167. The highest BCUT2D eigenvalue weighted by molar-refractivity contribution is 7.99. The van der Waals surface area contributed by atoms with Crippen LogP contribution in [0, 0.1) is 0 Å². The molecule has 0 spiro atoms. The molecule has 1 aromatic heterocycles. The molecule has 0 aliphatic carbocycles. The summed E-state index contributed by atoms with van der Waals surface area (Å²) in [5.74, 6) is 0.233. The van der Waals surface area contributed by atoms with Crippen LogP contribution in [-0.2, 0) is 11.0 Å². The van der Waals surface area contributed by atoms with Gasteiger partial charge in [-0.1, -0.05) is 16.7 Å². The Labute approximate surface area is 167 Å². The summed E-state index contributed by atoms with van der Waals surface area (Å²) < 4.78 is 43.1. The molecule has 5 nitrogen and oxygen atoms in total. The predicted molar refractivity (Wildman–Crippen MR) is 100 cm³/mol. The summed E-state index contributed by atoms with van der Waals surface area (Å²) in [6.45, 7) is 0. The van der Waals surface area contributed by atoms with Gasteiger partial charge in [-0.3, -0.25) is 10.1 Å². The van der Waals surface area contributed by atoms with E-state index in [1.165, 1.54) is 23.9 Å². The van der Waals surface area contributed by atoms with Crippen molar-refractivity contribution in [3.8, 4) is 11.5 Å². The lowest BCUT2D eigenvalue weighted by atomic mass is 10.1. The Balaban J connectivity index is 1.52. The molecule has 10 heteroatoms. The number of hydrogen-bond donors (Lipinski definition) is 1. The van der Waals surface area contributed by atoms with Crippen molar-refractivity contribution >= 4 is 35.3 Å². The summed E-state index contributed by atoms with van der Waals surface area (Å²) in [5.41, 5.74) is -0.457. The van der Waals surface area contributed by atoms with Gasteiger partial charge in [0.2, 0.25) is 11.8 Å². The number of hydrogen-bond acceptors (Lipinski definition) is 5. The van der Waals surface area contributed by atoms with Gasteiger partial charge in [0.1, 0.15) is 0 Å². The minimum absolute atomic E-state index is 0.0135. The molecule has 0 saturated heterocycles. The van der Waals surface area contributed by atoms with Crippen LogP contribution in [0.2, 0.25) is 5.02 Å². The fourth-order valence-electron chi connectivity index (χ4n) is 2.17. The predicted octanol–water partition coefficient (Wildman–Crippen LogP) is 5.53. The Morgan fingerprint density at radius 1 is 1.07 bits per heavy atom. The van der Waals surface area contributed by atoms with Crippen LogP contribution < -0.4 is 5.32 Å². The standard InChI is InChI=1S/C18H13ClF3N3O2S/c19-13-5-7-14(8-6-13)28-10-9-15(26)23-17-25-24-16(27-17)11-1-3-12(4-2-11)18(20,21)22/h1-8H,9-10H2,(H,23,25,26). The number of anilines is 1. The first-order valence-corrected chi connectivity index (χ1v) is 9.37. The van der Waals surface area contributed by atoms with Crippen molar-refractivity contribution in [2.45, 2.75) is 17.5 Å². The van der Waals surface area contributed by atoms with Crippen molar-refractivity contribution in [2.24, 2.45) is 0 Å². The Hall–Kier alpha value is -2.52. The number of nitrogens with one attached hydrogen (secondary N) is 1. The average Bonchev–Trinajstić information content (AvgIpc) is 3.11. The van der Waals surface area contributed by atoms with E-state index in [0.29, 0.717) is 16.3 Å². The van der Waals surface area contributed by atoms with Crippen LogP contribution in [0.5, 0.6) is 0 Å². The number of nitrogens with zero attached hydrogens (tertiary/aromatic N) is 2. The van der Waals surface area contributed by atoms with Gasteiger partial charge in [0, 0.05) is 27.7 Å².